The zero-order valence-electron chi connectivity index (χ0n) is 7.19. The Bertz CT molecular complexity index is 336. The van der Waals surface area contributed by atoms with E-state index in [2.05, 4.69) is 0 Å². The highest BCUT2D eigenvalue weighted by Gasteiger charge is 2.16. The van der Waals surface area contributed by atoms with Gasteiger partial charge in [0, 0.05) is 0 Å². The summed E-state index contributed by atoms with van der Waals surface area (Å²) in [6.45, 7) is 1.75. The van der Waals surface area contributed by atoms with E-state index in [4.69, 9.17) is 15.9 Å². The summed E-state index contributed by atoms with van der Waals surface area (Å²) in [5.41, 5.74) is 6.59. The van der Waals surface area contributed by atoms with Crippen molar-refractivity contribution in [2.24, 2.45) is 5.73 Å². The molecule has 70 valence electrons. The lowest BCUT2D eigenvalue weighted by molar-refractivity contribution is -0.138. The number of nitrogens with two attached hydrogens (primary N) is 1. The van der Waals surface area contributed by atoms with Gasteiger partial charge in [0.05, 0.1) is 0 Å². The van der Waals surface area contributed by atoms with Crippen molar-refractivity contribution in [3.05, 3.63) is 29.3 Å². The second-order valence-corrected chi connectivity index (χ2v) is 2.86. The average Bonchev–Trinajstić information content (AvgIpc) is 2.08. The molecule has 1 aromatic carbocycles. The van der Waals surface area contributed by atoms with Gasteiger partial charge in [0.2, 0.25) is 0 Å². The zero-order chi connectivity index (χ0) is 10.0. The first-order chi connectivity index (χ1) is 6.02. The van der Waals surface area contributed by atoms with Crippen molar-refractivity contribution >= 4 is 5.97 Å². The van der Waals surface area contributed by atoms with Crippen LogP contribution in [0.25, 0.3) is 0 Å². The first-order valence-electron chi connectivity index (χ1n) is 3.80. The smallest absolute Gasteiger partial charge is 0.325 e. The van der Waals surface area contributed by atoms with E-state index >= 15 is 0 Å². The second kappa shape index (κ2) is 3.45. The molecule has 13 heavy (non-hydrogen) atoms. The van der Waals surface area contributed by atoms with E-state index < -0.39 is 12.0 Å². The molecule has 4 nitrogen and oxygen atoms in total. The molecule has 0 saturated heterocycles. The molecule has 1 aromatic rings. The van der Waals surface area contributed by atoms with E-state index in [9.17, 15) is 4.79 Å². The second-order valence-electron chi connectivity index (χ2n) is 2.86. The average molecular weight is 181 g/mol. The highest BCUT2D eigenvalue weighted by Crippen LogP contribution is 2.20. The fraction of sp³-hybridized carbons (Fsp3) is 0.222. The molecule has 4 heteroatoms. The fourth-order valence-corrected chi connectivity index (χ4v) is 1.10. The number of rotatable bonds is 2. The molecule has 0 fully saturated rings. The van der Waals surface area contributed by atoms with Crippen LogP contribution < -0.4 is 5.73 Å². The van der Waals surface area contributed by atoms with Crippen LogP contribution in [0, 0.1) is 6.92 Å². The highest BCUT2D eigenvalue weighted by atomic mass is 16.4. The summed E-state index contributed by atoms with van der Waals surface area (Å²) in [7, 11) is 0. The molecule has 0 spiro atoms. The largest absolute Gasteiger partial charge is 0.508 e. The topological polar surface area (TPSA) is 83.5 Å². The van der Waals surface area contributed by atoms with E-state index in [1.807, 2.05) is 0 Å². The molecule has 0 bridgehead atoms. The first-order valence-corrected chi connectivity index (χ1v) is 3.80. The predicted molar refractivity (Wildman–Crippen MR) is 47.4 cm³/mol. The van der Waals surface area contributed by atoms with Crippen molar-refractivity contribution in [1.82, 2.24) is 0 Å². The van der Waals surface area contributed by atoms with Crippen LogP contribution in [0.2, 0.25) is 0 Å². The van der Waals surface area contributed by atoms with Gasteiger partial charge >= 0.3 is 5.97 Å². The summed E-state index contributed by atoms with van der Waals surface area (Å²) in [6.07, 6.45) is 0. The summed E-state index contributed by atoms with van der Waals surface area (Å²) in [6, 6.07) is 3.42. The number of aryl methyl sites for hydroxylation is 1. The molecule has 0 saturated carbocycles. The number of carbonyl (C=O) groups is 1. The van der Waals surface area contributed by atoms with Gasteiger partial charge in [-0.3, -0.25) is 4.79 Å². The standard InChI is InChI=1S/C9H11NO3/c1-5-2-3-6(11)4-7(5)8(10)9(12)13/h2-4,8,11H,10H2,1H3,(H,12,13)/t8-/m0/s1. The van der Waals surface area contributed by atoms with Crippen molar-refractivity contribution in [1.29, 1.82) is 0 Å². The van der Waals surface area contributed by atoms with Gasteiger partial charge in [-0.15, -0.1) is 0 Å². The lowest BCUT2D eigenvalue weighted by atomic mass is 10.0. The number of phenolic OH excluding ortho intramolecular Hbond substituents is 1. The van der Waals surface area contributed by atoms with Crippen LogP contribution in [0.4, 0.5) is 0 Å². The molecule has 0 aliphatic rings. The molecule has 0 unspecified atom stereocenters. The Kier molecular flexibility index (Phi) is 2.53. The maximum atomic E-state index is 10.6. The molecule has 0 heterocycles. The lowest BCUT2D eigenvalue weighted by Gasteiger charge is -2.10. The number of aliphatic carboxylic acids is 1. The van der Waals surface area contributed by atoms with Crippen molar-refractivity contribution in [3.8, 4) is 5.75 Å². The van der Waals surface area contributed by atoms with Crippen molar-refractivity contribution < 1.29 is 15.0 Å². The van der Waals surface area contributed by atoms with Gasteiger partial charge in [-0.05, 0) is 30.2 Å². The predicted octanol–water partition coefficient (Wildman–Crippen LogP) is 0.785. The molecule has 0 aliphatic carbocycles. The third-order valence-corrected chi connectivity index (χ3v) is 1.86. The van der Waals surface area contributed by atoms with Crippen LogP contribution in [0.15, 0.2) is 18.2 Å². The van der Waals surface area contributed by atoms with Crippen molar-refractivity contribution in [2.45, 2.75) is 13.0 Å². The minimum atomic E-state index is -1.10. The molecule has 0 radical (unpaired) electrons. The minimum Gasteiger partial charge on any atom is -0.508 e. The number of phenols is 1. The number of hydrogen-bond donors (Lipinski definition) is 3. The Morgan fingerprint density at radius 1 is 1.54 bits per heavy atom. The van der Waals surface area contributed by atoms with Gasteiger partial charge < -0.3 is 15.9 Å². The molecule has 1 atom stereocenters. The summed E-state index contributed by atoms with van der Waals surface area (Å²) in [5.74, 6) is -1.08. The molecule has 1 rings (SSSR count). The van der Waals surface area contributed by atoms with Gasteiger partial charge in [-0.2, -0.15) is 0 Å². The van der Waals surface area contributed by atoms with E-state index in [1.54, 1.807) is 13.0 Å². The van der Waals surface area contributed by atoms with Crippen molar-refractivity contribution in [3.63, 3.8) is 0 Å². The third-order valence-electron chi connectivity index (χ3n) is 1.86. The summed E-state index contributed by atoms with van der Waals surface area (Å²) >= 11 is 0. The molecular weight excluding hydrogens is 170 g/mol. The third kappa shape index (κ3) is 1.97. The number of benzene rings is 1. The molecular formula is C9H11NO3. The van der Waals surface area contributed by atoms with Crippen LogP contribution in [-0.4, -0.2) is 16.2 Å². The zero-order valence-corrected chi connectivity index (χ0v) is 7.19. The summed E-state index contributed by atoms with van der Waals surface area (Å²) in [5, 5.41) is 17.8. The summed E-state index contributed by atoms with van der Waals surface area (Å²) < 4.78 is 0. The number of hydrogen-bond acceptors (Lipinski definition) is 3. The van der Waals surface area contributed by atoms with E-state index in [0.717, 1.165) is 5.56 Å². The maximum absolute atomic E-state index is 10.6. The maximum Gasteiger partial charge on any atom is 0.325 e. The van der Waals surface area contributed by atoms with E-state index in [1.165, 1.54) is 12.1 Å². The van der Waals surface area contributed by atoms with Gasteiger partial charge in [-0.1, -0.05) is 6.07 Å². The molecule has 0 aromatic heterocycles. The number of carboxylic acids is 1. The molecule has 0 aliphatic heterocycles. The van der Waals surface area contributed by atoms with Crippen molar-refractivity contribution in [2.75, 3.05) is 0 Å². The van der Waals surface area contributed by atoms with Crippen LogP contribution in [0.1, 0.15) is 17.2 Å². The quantitative estimate of drug-likeness (QED) is 0.629. The van der Waals surface area contributed by atoms with Gasteiger partial charge in [0.25, 0.3) is 0 Å². The molecule has 4 N–H and O–H groups in total. The first kappa shape index (κ1) is 9.54. The van der Waals surface area contributed by atoms with Gasteiger partial charge in [0.1, 0.15) is 11.8 Å². The van der Waals surface area contributed by atoms with Crippen LogP contribution in [0.3, 0.4) is 0 Å². The minimum absolute atomic E-state index is 0.0253. The lowest BCUT2D eigenvalue weighted by Crippen LogP contribution is -2.21. The normalized spacial score (nSPS) is 12.5. The van der Waals surface area contributed by atoms with E-state index in [0.29, 0.717) is 5.56 Å². The molecule has 0 amide bonds. The highest BCUT2D eigenvalue weighted by molar-refractivity contribution is 5.76. The number of aromatic hydroxyl groups is 1. The Hall–Kier alpha value is -1.55. The Balaban J connectivity index is 3.12. The van der Waals surface area contributed by atoms with Crippen LogP contribution >= 0.6 is 0 Å². The number of carboxylic acid groups (broad SMARTS) is 1. The van der Waals surface area contributed by atoms with Gasteiger partial charge in [-0.25, -0.2) is 0 Å². The Morgan fingerprint density at radius 3 is 2.69 bits per heavy atom. The summed E-state index contributed by atoms with van der Waals surface area (Å²) in [4.78, 5) is 10.6. The Morgan fingerprint density at radius 2 is 2.15 bits per heavy atom. The SMILES string of the molecule is Cc1ccc(O)cc1[C@H](N)C(=O)O. The monoisotopic (exact) mass is 181 g/mol. The van der Waals surface area contributed by atoms with Crippen LogP contribution in [0.5, 0.6) is 5.75 Å². The Labute approximate surface area is 75.6 Å². The fourth-order valence-electron chi connectivity index (χ4n) is 1.10. The van der Waals surface area contributed by atoms with Gasteiger partial charge in [0.15, 0.2) is 0 Å². The van der Waals surface area contributed by atoms with Crippen LogP contribution in [-0.2, 0) is 4.79 Å². The van der Waals surface area contributed by atoms with E-state index in [-0.39, 0.29) is 5.75 Å².